The van der Waals surface area contributed by atoms with Gasteiger partial charge in [-0.15, -0.1) is 0 Å². The van der Waals surface area contributed by atoms with Crippen LogP contribution < -0.4 is 65.1 Å². The van der Waals surface area contributed by atoms with E-state index in [0.29, 0.717) is 38.9 Å². The Balaban J connectivity index is 0.000000296. The summed E-state index contributed by atoms with van der Waals surface area (Å²) < 4.78 is 118. The first-order valence-electron chi connectivity index (χ1n) is 35.1. The van der Waals surface area contributed by atoms with Gasteiger partial charge in [0.15, 0.2) is 5.78 Å². The zero-order chi connectivity index (χ0) is 82.6. The number of hydrogen-bond acceptors (Lipinski definition) is 15. The van der Waals surface area contributed by atoms with Gasteiger partial charge in [0, 0.05) is 85.8 Å². The van der Waals surface area contributed by atoms with Crippen molar-refractivity contribution in [2.45, 2.75) is 158 Å². The predicted molar refractivity (Wildman–Crippen MR) is 401 cm³/mol. The zero-order valence-corrected chi connectivity index (χ0v) is 63.8. The van der Waals surface area contributed by atoms with Gasteiger partial charge < -0.3 is 70.0 Å². The van der Waals surface area contributed by atoms with Gasteiger partial charge >= 0.3 is 18.5 Å². The van der Waals surface area contributed by atoms with Gasteiger partial charge in [0.1, 0.15) is 12.1 Å². The SMILES string of the molecule is CCNc1cc(C(=O)NCC(=O)N[C@@H](CNCc2ccc(C)cc2C)C(=O)NC(C)(C)C)cc(C(F)(F)F)c1.Cc1ccc(CN2C[C@H](NC(=O)CNC(=O)c3cc(N)cc(C(F)(F)F)c3)C(=O)N(C(C)(C)C)C2)c(C)c1.Cc1ccc(CNC[C@H](CC(=O)CNC(=O)c2cccc(C(F)(F)F)c2N)C(N)=O)c(C)c1. The summed E-state index contributed by atoms with van der Waals surface area (Å²) in [5.74, 6) is -6.60. The van der Waals surface area contributed by atoms with Crippen LogP contribution in [0.2, 0.25) is 0 Å². The second kappa shape index (κ2) is 39.2. The highest BCUT2D eigenvalue weighted by Gasteiger charge is 2.40. The molecule has 1 saturated heterocycles. The molecule has 1 heterocycles. The highest BCUT2D eigenvalue weighted by atomic mass is 19.4. The molecule has 6 aromatic carbocycles. The maximum atomic E-state index is 13.3. The molecule has 3 atom stereocenters. The topological polar surface area (TPSA) is 346 Å². The van der Waals surface area contributed by atoms with E-state index in [9.17, 15) is 82.7 Å². The molecule has 32 heteroatoms. The number of aryl methyl sites for hydroxylation is 6. The molecule has 7 rings (SSSR count). The van der Waals surface area contributed by atoms with Crippen molar-refractivity contribution in [3.63, 3.8) is 0 Å². The molecule has 1 aliphatic rings. The molecule has 0 saturated carbocycles. The molecule has 598 valence electrons. The Hall–Kier alpha value is -10.6. The second-order valence-corrected chi connectivity index (χ2v) is 28.9. The molecule has 0 bridgehead atoms. The number of ketones is 1. The Labute approximate surface area is 633 Å². The van der Waals surface area contributed by atoms with Gasteiger partial charge in [0.05, 0.1) is 60.2 Å². The summed E-state index contributed by atoms with van der Waals surface area (Å²) in [6, 6.07) is 24.7. The fourth-order valence-electron chi connectivity index (χ4n) is 11.5. The van der Waals surface area contributed by atoms with Crippen molar-refractivity contribution in [1.82, 2.24) is 52.3 Å². The number of carbonyl (C=O) groups is 9. The van der Waals surface area contributed by atoms with Gasteiger partial charge in [0.25, 0.3) is 17.7 Å². The third kappa shape index (κ3) is 28.8. The van der Waals surface area contributed by atoms with Crippen LogP contribution in [0.5, 0.6) is 0 Å². The second-order valence-electron chi connectivity index (χ2n) is 28.9. The number of amides is 8. The van der Waals surface area contributed by atoms with E-state index < -0.39 is 137 Å². The molecule has 15 N–H and O–H groups in total. The number of carbonyl (C=O) groups excluding carboxylic acids is 9. The highest BCUT2D eigenvalue weighted by molar-refractivity contribution is 6.02. The van der Waals surface area contributed by atoms with Crippen LogP contribution in [-0.2, 0) is 66.9 Å². The summed E-state index contributed by atoms with van der Waals surface area (Å²) in [7, 11) is 0. The minimum atomic E-state index is -4.71. The number of para-hydroxylation sites is 1. The van der Waals surface area contributed by atoms with Gasteiger partial charge in [-0.25, -0.2) is 0 Å². The number of nitrogens with one attached hydrogen (secondary N) is 9. The van der Waals surface area contributed by atoms with Gasteiger partial charge in [-0.3, -0.25) is 48.1 Å². The van der Waals surface area contributed by atoms with Crippen LogP contribution in [-0.4, -0.2) is 138 Å². The van der Waals surface area contributed by atoms with E-state index in [1.165, 1.54) is 6.07 Å². The number of benzene rings is 6. The van der Waals surface area contributed by atoms with Crippen molar-refractivity contribution in [3.8, 4) is 0 Å². The number of anilines is 3. The molecule has 23 nitrogen and oxygen atoms in total. The van der Waals surface area contributed by atoms with Crippen molar-refractivity contribution in [2.24, 2.45) is 11.7 Å². The van der Waals surface area contributed by atoms with Crippen LogP contribution in [0, 0.1) is 47.5 Å². The number of rotatable bonds is 27. The molecular weight excluding hydrogens is 1450 g/mol. The van der Waals surface area contributed by atoms with Crippen molar-refractivity contribution >= 4 is 70.1 Å². The van der Waals surface area contributed by atoms with Crippen molar-refractivity contribution < 1.29 is 82.7 Å². The number of alkyl halides is 9. The van der Waals surface area contributed by atoms with Gasteiger partial charge in [-0.1, -0.05) is 77.4 Å². The third-order valence-electron chi connectivity index (χ3n) is 17.1. The normalized spacial score (nSPS) is 13.9. The summed E-state index contributed by atoms with van der Waals surface area (Å²) in [4.78, 5) is 116. The van der Waals surface area contributed by atoms with Crippen LogP contribution >= 0.6 is 0 Å². The average Bonchev–Trinajstić information content (AvgIpc) is 0.805. The molecule has 1 fully saturated rings. The van der Waals surface area contributed by atoms with Crippen LogP contribution in [0.1, 0.15) is 153 Å². The molecule has 0 aromatic heterocycles. The fraction of sp³-hybridized carbons (Fsp3) is 0.423. The third-order valence-corrected chi connectivity index (χ3v) is 17.1. The van der Waals surface area contributed by atoms with E-state index in [4.69, 9.17) is 17.2 Å². The fourth-order valence-corrected chi connectivity index (χ4v) is 11.5. The Kier molecular flexibility index (Phi) is 32.0. The predicted octanol–water partition coefficient (Wildman–Crippen LogP) is 9.38. The smallest absolute Gasteiger partial charge is 0.399 e. The number of nitrogens with two attached hydrogens (primary N) is 3. The molecule has 8 amide bonds. The van der Waals surface area contributed by atoms with E-state index in [0.717, 1.165) is 92.5 Å². The molecule has 0 spiro atoms. The molecule has 0 unspecified atom stereocenters. The van der Waals surface area contributed by atoms with E-state index >= 15 is 0 Å². The molecule has 0 aliphatic carbocycles. The minimum absolute atomic E-state index is 0.120. The largest absolute Gasteiger partial charge is 0.418 e. The first-order valence-corrected chi connectivity index (χ1v) is 35.1. The zero-order valence-electron chi connectivity index (χ0n) is 63.8. The Morgan fingerprint density at radius 3 is 1.56 bits per heavy atom. The monoisotopic (exact) mass is 1550 g/mol. The summed E-state index contributed by atoms with van der Waals surface area (Å²) in [6.45, 7) is 26.2. The van der Waals surface area contributed by atoms with Crippen molar-refractivity contribution in [1.29, 1.82) is 0 Å². The maximum Gasteiger partial charge on any atom is 0.418 e. The van der Waals surface area contributed by atoms with E-state index in [1.807, 2.05) is 126 Å². The lowest BCUT2D eigenvalue weighted by Gasteiger charge is -2.46. The molecule has 0 radical (unpaired) electrons. The van der Waals surface area contributed by atoms with E-state index in [2.05, 4.69) is 64.9 Å². The maximum absolute atomic E-state index is 13.3. The van der Waals surface area contributed by atoms with Crippen molar-refractivity contribution in [3.05, 3.63) is 193 Å². The minimum Gasteiger partial charge on any atom is -0.399 e. The van der Waals surface area contributed by atoms with Crippen LogP contribution in [0.15, 0.2) is 109 Å². The number of hydrogen-bond donors (Lipinski definition) is 12. The van der Waals surface area contributed by atoms with E-state index in [-0.39, 0.29) is 60.0 Å². The summed E-state index contributed by atoms with van der Waals surface area (Å²) in [6.07, 6.45) is -14.3. The van der Waals surface area contributed by atoms with Crippen LogP contribution in [0.25, 0.3) is 0 Å². The standard InChI is InChI=1S/C28H38F3N5O3.C27H34F3N5O3.C23H27F3N4O3/c1-7-33-22-12-20(11-21(13-22)28(29,30)31)25(38)34-16-24(37)35-23(26(39)36-27(4,5)6)15-32-14-19-9-8-17(2)10-18(19)3;1-16-6-7-18(17(2)8-16)13-34-14-22(25(38)35(15-34)26(3,4)5)33-23(36)12-32-24(37)19-9-20(27(28,29)30)11-21(31)10-19;1-13-6-7-15(14(2)8-13)10-29-11-16(21(28)32)9-17(31)12-30-22(33)18-4-3-5-19(20(18)27)23(24,25)26/h8-13,23,32-33H,7,14-16H2,1-6H3,(H,34,38)(H,35,37)(H,36,39);6-11,22H,12-15,31H2,1-5H3,(H,32,37)(H,33,36);3-8,16,29H,9-12,27H2,1-2H3,(H2,28,32)(H,30,33)/t23-;22-;16-/m000/s1. The van der Waals surface area contributed by atoms with E-state index in [1.54, 1.807) is 11.8 Å². The van der Waals surface area contributed by atoms with Gasteiger partial charge in [-0.2, -0.15) is 39.5 Å². The number of nitrogen functional groups attached to an aromatic ring is 2. The number of Topliss-reactive ketones (excluding diaryl/α,β-unsaturated/α-hetero) is 1. The van der Waals surface area contributed by atoms with Crippen LogP contribution in [0.3, 0.4) is 0 Å². The lowest BCUT2D eigenvalue weighted by molar-refractivity contribution is -0.150. The first kappa shape index (κ1) is 90.0. The lowest BCUT2D eigenvalue weighted by atomic mass is 10.0. The van der Waals surface area contributed by atoms with Crippen LogP contribution in [0.4, 0.5) is 56.6 Å². The Bertz CT molecular complexity index is 4290. The van der Waals surface area contributed by atoms with Gasteiger partial charge in [-0.05, 0) is 172 Å². The molecular formula is C78H99F9N14O9. The Morgan fingerprint density at radius 1 is 0.573 bits per heavy atom. The molecule has 1 aliphatic heterocycles. The quantitative estimate of drug-likeness (QED) is 0.0169. The first-order chi connectivity index (χ1) is 51.0. The number of nitrogens with zero attached hydrogens (tertiary/aromatic N) is 2. The highest BCUT2D eigenvalue weighted by Crippen LogP contribution is 2.36. The number of primary amides is 1. The molecule has 6 aromatic rings. The summed E-state index contributed by atoms with van der Waals surface area (Å²) in [5.41, 5.74) is 20.3. The Morgan fingerprint density at radius 2 is 1.07 bits per heavy atom. The number of halogens is 9. The molecule has 110 heavy (non-hydrogen) atoms. The average molecular weight is 1550 g/mol. The van der Waals surface area contributed by atoms with Crippen molar-refractivity contribution in [2.75, 3.05) is 69.3 Å². The lowest BCUT2D eigenvalue weighted by Crippen LogP contribution is -2.65. The van der Waals surface area contributed by atoms with Gasteiger partial charge in [0.2, 0.25) is 29.5 Å². The summed E-state index contributed by atoms with van der Waals surface area (Å²) >= 11 is 0. The summed E-state index contributed by atoms with van der Waals surface area (Å²) in [5, 5.41) is 24.0.